The van der Waals surface area contributed by atoms with E-state index in [1.807, 2.05) is 20.8 Å². The van der Waals surface area contributed by atoms with E-state index in [1.165, 1.54) is 4.31 Å². The lowest BCUT2D eigenvalue weighted by Crippen LogP contribution is -2.47. The van der Waals surface area contributed by atoms with Crippen LogP contribution in [0.4, 0.5) is 5.69 Å². The van der Waals surface area contributed by atoms with Gasteiger partial charge in [-0.2, -0.15) is 4.31 Å². The van der Waals surface area contributed by atoms with E-state index in [0.29, 0.717) is 11.4 Å². The summed E-state index contributed by atoms with van der Waals surface area (Å²) in [6.07, 6.45) is 1.59. The fourth-order valence-electron chi connectivity index (χ4n) is 1.86. The number of sulfonamides is 1. The zero-order valence-corrected chi connectivity index (χ0v) is 13.7. The van der Waals surface area contributed by atoms with Crippen LogP contribution in [-0.2, 0) is 10.0 Å². The first-order valence-electron chi connectivity index (χ1n) is 6.76. The Balaban J connectivity index is 2.67. The Kier molecular flexibility index (Phi) is 5.80. The Morgan fingerprint density at radius 1 is 1.29 bits per heavy atom. The first kappa shape index (κ1) is 17.5. The maximum atomic E-state index is 12.4. The van der Waals surface area contributed by atoms with E-state index < -0.39 is 15.6 Å². The SMILES string of the molecule is C=CCN(C(C)(C)C)S(=O)(=O)CCOc1ccc(N)cc1. The van der Waals surface area contributed by atoms with Crippen LogP contribution in [0.3, 0.4) is 0 Å². The minimum atomic E-state index is -3.41. The zero-order valence-electron chi connectivity index (χ0n) is 12.9. The summed E-state index contributed by atoms with van der Waals surface area (Å²) in [5.74, 6) is 0.521. The van der Waals surface area contributed by atoms with Crippen LogP contribution >= 0.6 is 0 Å². The molecule has 0 fully saturated rings. The van der Waals surface area contributed by atoms with Crippen molar-refractivity contribution in [2.45, 2.75) is 26.3 Å². The minimum absolute atomic E-state index is 0.0809. The second kappa shape index (κ2) is 6.95. The molecule has 0 saturated carbocycles. The molecule has 0 unspecified atom stereocenters. The van der Waals surface area contributed by atoms with Gasteiger partial charge in [0.1, 0.15) is 12.4 Å². The Labute approximate surface area is 127 Å². The van der Waals surface area contributed by atoms with Gasteiger partial charge in [0, 0.05) is 17.8 Å². The molecule has 118 valence electrons. The van der Waals surface area contributed by atoms with Crippen LogP contribution in [0, 0.1) is 0 Å². The number of benzene rings is 1. The van der Waals surface area contributed by atoms with Crippen molar-refractivity contribution in [1.29, 1.82) is 0 Å². The summed E-state index contributed by atoms with van der Waals surface area (Å²) in [4.78, 5) is 0. The molecule has 0 saturated heterocycles. The van der Waals surface area contributed by atoms with Crippen molar-refractivity contribution in [3.63, 3.8) is 0 Å². The van der Waals surface area contributed by atoms with Crippen molar-refractivity contribution < 1.29 is 13.2 Å². The summed E-state index contributed by atoms with van der Waals surface area (Å²) in [5.41, 5.74) is 5.72. The van der Waals surface area contributed by atoms with Gasteiger partial charge in [-0.05, 0) is 45.0 Å². The third-order valence-electron chi connectivity index (χ3n) is 2.87. The van der Waals surface area contributed by atoms with Crippen molar-refractivity contribution >= 4 is 15.7 Å². The molecule has 1 aromatic rings. The molecule has 0 spiro atoms. The smallest absolute Gasteiger partial charge is 0.218 e. The van der Waals surface area contributed by atoms with Crippen molar-refractivity contribution in [2.75, 3.05) is 24.6 Å². The van der Waals surface area contributed by atoms with Gasteiger partial charge in [-0.25, -0.2) is 8.42 Å². The molecule has 0 radical (unpaired) electrons. The molecule has 1 aromatic carbocycles. The van der Waals surface area contributed by atoms with Crippen LogP contribution in [-0.4, -0.2) is 37.2 Å². The Morgan fingerprint density at radius 2 is 1.86 bits per heavy atom. The van der Waals surface area contributed by atoms with Crippen LogP contribution in [0.1, 0.15) is 20.8 Å². The highest BCUT2D eigenvalue weighted by atomic mass is 32.2. The molecular formula is C15H24N2O3S. The summed E-state index contributed by atoms with van der Waals surface area (Å²) < 4.78 is 31.7. The summed E-state index contributed by atoms with van der Waals surface area (Å²) in [6.45, 7) is 9.56. The number of hydrogen-bond donors (Lipinski definition) is 1. The van der Waals surface area contributed by atoms with Gasteiger partial charge in [-0.15, -0.1) is 6.58 Å². The first-order valence-corrected chi connectivity index (χ1v) is 8.37. The molecule has 2 N–H and O–H groups in total. The van der Waals surface area contributed by atoms with Gasteiger partial charge in [0.15, 0.2) is 0 Å². The van der Waals surface area contributed by atoms with Crippen molar-refractivity contribution in [3.05, 3.63) is 36.9 Å². The van der Waals surface area contributed by atoms with Crippen LogP contribution in [0.2, 0.25) is 0 Å². The maximum Gasteiger partial charge on any atom is 0.218 e. The number of rotatable bonds is 7. The monoisotopic (exact) mass is 312 g/mol. The third-order valence-corrected chi connectivity index (χ3v) is 4.92. The lowest BCUT2D eigenvalue weighted by molar-refractivity contribution is 0.265. The largest absolute Gasteiger partial charge is 0.492 e. The highest BCUT2D eigenvalue weighted by molar-refractivity contribution is 7.89. The highest BCUT2D eigenvalue weighted by Gasteiger charge is 2.31. The topological polar surface area (TPSA) is 72.6 Å². The van der Waals surface area contributed by atoms with Crippen molar-refractivity contribution in [1.82, 2.24) is 4.31 Å². The molecule has 0 aromatic heterocycles. The number of ether oxygens (including phenoxy) is 1. The van der Waals surface area contributed by atoms with E-state index in [2.05, 4.69) is 6.58 Å². The molecule has 0 aliphatic heterocycles. The quantitative estimate of drug-likeness (QED) is 0.619. The van der Waals surface area contributed by atoms with Gasteiger partial charge < -0.3 is 10.5 Å². The van der Waals surface area contributed by atoms with Crippen LogP contribution in [0.5, 0.6) is 5.75 Å². The lowest BCUT2D eigenvalue weighted by atomic mass is 10.1. The molecule has 1 rings (SSSR count). The van der Waals surface area contributed by atoms with Gasteiger partial charge in [-0.3, -0.25) is 0 Å². The van der Waals surface area contributed by atoms with Gasteiger partial charge in [0.2, 0.25) is 10.0 Å². The summed E-state index contributed by atoms with van der Waals surface area (Å²) in [7, 11) is -3.41. The fraction of sp³-hybridized carbons (Fsp3) is 0.467. The molecular weight excluding hydrogens is 288 g/mol. The minimum Gasteiger partial charge on any atom is -0.492 e. The van der Waals surface area contributed by atoms with Crippen molar-refractivity contribution in [3.8, 4) is 5.75 Å². The van der Waals surface area contributed by atoms with E-state index in [1.54, 1.807) is 30.3 Å². The second-order valence-electron chi connectivity index (χ2n) is 5.72. The van der Waals surface area contributed by atoms with Crippen LogP contribution in [0.15, 0.2) is 36.9 Å². The Hall–Kier alpha value is -1.53. The van der Waals surface area contributed by atoms with E-state index in [9.17, 15) is 8.42 Å². The molecule has 0 aliphatic rings. The van der Waals surface area contributed by atoms with Gasteiger partial charge in [0.25, 0.3) is 0 Å². The van der Waals surface area contributed by atoms with E-state index in [0.717, 1.165) is 0 Å². The van der Waals surface area contributed by atoms with Gasteiger partial charge in [-0.1, -0.05) is 6.08 Å². The molecule has 6 heteroatoms. The molecule has 21 heavy (non-hydrogen) atoms. The summed E-state index contributed by atoms with van der Waals surface area (Å²) >= 11 is 0. The molecule has 0 atom stereocenters. The molecule has 0 bridgehead atoms. The third kappa shape index (κ3) is 5.40. The predicted molar refractivity (Wildman–Crippen MR) is 86.8 cm³/mol. The van der Waals surface area contributed by atoms with Crippen LogP contribution < -0.4 is 10.5 Å². The van der Waals surface area contributed by atoms with E-state index in [-0.39, 0.29) is 18.9 Å². The second-order valence-corrected chi connectivity index (χ2v) is 7.74. The Morgan fingerprint density at radius 3 is 2.33 bits per heavy atom. The number of hydrogen-bond acceptors (Lipinski definition) is 4. The normalized spacial score (nSPS) is 12.4. The number of nitrogens with two attached hydrogens (primary N) is 1. The average Bonchev–Trinajstić information content (AvgIpc) is 2.36. The van der Waals surface area contributed by atoms with E-state index in [4.69, 9.17) is 10.5 Å². The Bertz CT molecular complexity index is 560. The molecule has 0 amide bonds. The fourth-order valence-corrected chi connectivity index (χ4v) is 3.54. The molecule has 0 heterocycles. The molecule has 0 aliphatic carbocycles. The molecule has 5 nitrogen and oxygen atoms in total. The lowest BCUT2D eigenvalue weighted by Gasteiger charge is -2.33. The number of nitrogens with zero attached hydrogens (tertiary/aromatic N) is 1. The maximum absolute atomic E-state index is 12.4. The van der Waals surface area contributed by atoms with Crippen LogP contribution in [0.25, 0.3) is 0 Å². The predicted octanol–water partition coefficient (Wildman–Crippen LogP) is 2.26. The van der Waals surface area contributed by atoms with Gasteiger partial charge in [0.05, 0.1) is 5.75 Å². The first-order chi connectivity index (χ1) is 9.66. The van der Waals surface area contributed by atoms with Gasteiger partial charge >= 0.3 is 0 Å². The zero-order chi connectivity index (χ0) is 16.1. The highest BCUT2D eigenvalue weighted by Crippen LogP contribution is 2.19. The standard InChI is InChI=1S/C15H24N2O3S/c1-5-10-17(15(2,3)4)21(18,19)12-11-20-14-8-6-13(16)7-9-14/h5-9H,1,10-12,16H2,2-4H3. The number of anilines is 1. The average molecular weight is 312 g/mol. The van der Waals surface area contributed by atoms with Crippen molar-refractivity contribution in [2.24, 2.45) is 0 Å². The number of nitrogen functional groups attached to an aromatic ring is 1. The van der Waals surface area contributed by atoms with E-state index >= 15 is 0 Å². The summed E-state index contributed by atoms with van der Waals surface area (Å²) in [6, 6.07) is 6.85. The summed E-state index contributed by atoms with van der Waals surface area (Å²) in [5, 5.41) is 0.